The van der Waals surface area contributed by atoms with Crippen LogP contribution in [0.4, 0.5) is 0 Å². The minimum absolute atomic E-state index is 0.196. The molecule has 1 N–H and O–H groups in total. The Hall–Kier alpha value is -2.02. The van der Waals surface area contributed by atoms with Gasteiger partial charge in [-0.1, -0.05) is 66.7 Å². The molecule has 5 nitrogen and oxygen atoms in total. The van der Waals surface area contributed by atoms with Gasteiger partial charge in [-0.15, -0.1) is 6.58 Å². The maximum atomic E-state index is 10.8. The van der Waals surface area contributed by atoms with E-state index in [0.717, 1.165) is 11.1 Å². The van der Waals surface area contributed by atoms with E-state index in [2.05, 4.69) is 44.7 Å². The number of benzene rings is 2. The van der Waals surface area contributed by atoms with Crippen LogP contribution >= 0.6 is 0 Å². The summed E-state index contributed by atoms with van der Waals surface area (Å²) in [7, 11) is 0. The van der Waals surface area contributed by atoms with Crippen LogP contribution in [0.5, 0.6) is 0 Å². The highest BCUT2D eigenvalue weighted by Crippen LogP contribution is 2.48. The Bertz CT molecular complexity index is 934. The Morgan fingerprint density at radius 3 is 2.24 bits per heavy atom. The number of hydrogen-bond donors (Lipinski definition) is 1. The van der Waals surface area contributed by atoms with Gasteiger partial charge in [0.1, 0.15) is 5.60 Å². The van der Waals surface area contributed by atoms with Crippen LogP contribution in [0.15, 0.2) is 73.3 Å². The van der Waals surface area contributed by atoms with Crippen LogP contribution in [0.25, 0.3) is 0 Å². The molecule has 0 saturated carbocycles. The fourth-order valence-electron chi connectivity index (χ4n) is 5.10. The van der Waals surface area contributed by atoms with Gasteiger partial charge in [-0.3, -0.25) is 0 Å². The molecule has 0 unspecified atom stereocenters. The normalized spacial score (nSPS) is 35.5. The zero-order valence-corrected chi connectivity index (χ0v) is 20.6. The van der Waals surface area contributed by atoms with Crippen LogP contribution in [-0.4, -0.2) is 46.8 Å². The smallest absolute Gasteiger partial charge is 0.110 e. The Morgan fingerprint density at radius 1 is 1.00 bits per heavy atom. The second-order valence-corrected chi connectivity index (χ2v) is 10.3. The zero-order valence-electron chi connectivity index (χ0n) is 20.6. The maximum absolute atomic E-state index is 10.8. The SMILES string of the molecule is C=C[C@@]1(C)O[C@@]2(C)C[C@@H](OCc3ccccc3)[C@](C)(CCOCc3ccccc3)O[C@@H]2C[C@@H]1O. The van der Waals surface area contributed by atoms with Crippen molar-refractivity contribution in [3.8, 4) is 0 Å². The lowest BCUT2D eigenvalue weighted by molar-refractivity contribution is -0.330. The third kappa shape index (κ3) is 5.45. The van der Waals surface area contributed by atoms with Gasteiger partial charge in [-0.2, -0.15) is 0 Å². The lowest BCUT2D eigenvalue weighted by atomic mass is 9.74. The molecule has 2 fully saturated rings. The molecule has 2 heterocycles. The van der Waals surface area contributed by atoms with Crippen LogP contribution in [0.3, 0.4) is 0 Å². The summed E-state index contributed by atoms with van der Waals surface area (Å²) < 4.78 is 25.7. The van der Waals surface area contributed by atoms with Crippen molar-refractivity contribution in [2.75, 3.05) is 6.61 Å². The van der Waals surface area contributed by atoms with Crippen LogP contribution in [0.1, 0.15) is 51.2 Å². The topological polar surface area (TPSA) is 57.2 Å². The van der Waals surface area contributed by atoms with E-state index in [1.165, 1.54) is 0 Å². The number of hydrogen-bond acceptors (Lipinski definition) is 5. The van der Waals surface area contributed by atoms with Gasteiger partial charge < -0.3 is 24.1 Å². The van der Waals surface area contributed by atoms with Crippen molar-refractivity contribution >= 4 is 0 Å². The highest BCUT2D eigenvalue weighted by atomic mass is 16.6. The first kappa shape index (κ1) is 25.1. The molecule has 4 rings (SSSR count). The predicted molar refractivity (Wildman–Crippen MR) is 132 cm³/mol. The quantitative estimate of drug-likeness (QED) is 0.406. The first-order chi connectivity index (χ1) is 16.3. The third-order valence-corrected chi connectivity index (χ3v) is 7.47. The summed E-state index contributed by atoms with van der Waals surface area (Å²) in [6.45, 7) is 11.6. The summed E-state index contributed by atoms with van der Waals surface area (Å²) in [5, 5.41) is 10.8. The van der Waals surface area contributed by atoms with Crippen LogP contribution in [-0.2, 0) is 32.2 Å². The minimum atomic E-state index is -0.814. The fourth-order valence-corrected chi connectivity index (χ4v) is 5.10. The van der Waals surface area contributed by atoms with Crippen molar-refractivity contribution < 1.29 is 24.1 Å². The van der Waals surface area contributed by atoms with Gasteiger partial charge in [0, 0.05) is 25.9 Å². The Balaban J connectivity index is 1.48. The summed E-state index contributed by atoms with van der Waals surface area (Å²) in [5.41, 5.74) is 0.294. The van der Waals surface area contributed by atoms with Gasteiger partial charge >= 0.3 is 0 Å². The average molecular weight is 467 g/mol. The molecular weight excluding hydrogens is 428 g/mol. The first-order valence-corrected chi connectivity index (χ1v) is 12.2. The lowest BCUT2D eigenvalue weighted by Gasteiger charge is -2.58. The van der Waals surface area contributed by atoms with E-state index >= 15 is 0 Å². The molecule has 0 amide bonds. The number of aliphatic hydroxyl groups excluding tert-OH is 1. The molecule has 0 aromatic heterocycles. The van der Waals surface area contributed by atoms with Gasteiger partial charge in [0.25, 0.3) is 0 Å². The molecule has 0 aliphatic carbocycles. The summed E-state index contributed by atoms with van der Waals surface area (Å²) in [6, 6.07) is 20.3. The number of ether oxygens (including phenoxy) is 4. The second-order valence-electron chi connectivity index (χ2n) is 10.3. The molecule has 2 aliphatic heterocycles. The maximum Gasteiger partial charge on any atom is 0.110 e. The molecule has 2 aliphatic rings. The molecule has 184 valence electrons. The number of fused-ring (bicyclic) bond motifs is 1. The molecule has 2 aromatic rings. The second kappa shape index (κ2) is 10.3. The molecule has 0 radical (unpaired) electrons. The van der Waals surface area contributed by atoms with Crippen LogP contribution in [0, 0.1) is 0 Å². The molecule has 0 spiro atoms. The van der Waals surface area contributed by atoms with Crippen molar-refractivity contribution in [3.05, 3.63) is 84.4 Å². The van der Waals surface area contributed by atoms with E-state index in [0.29, 0.717) is 39.1 Å². The summed E-state index contributed by atoms with van der Waals surface area (Å²) in [4.78, 5) is 0. The molecular formula is C29H38O5. The van der Waals surface area contributed by atoms with Crippen LogP contribution < -0.4 is 0 Å². The van der Waals surface area contributed by atoms with E-state index in [-0.39, 0.29) is 12.2 Å². The van der Waals surface area contributed by atoms with Gasteiger partial charge in [0.2, 0.25) is 0 Å². The standard InChI is InChI=1S/C29H38O5/c1-5-27(2)24(30)18-25-29(4,34-27)19-26(32-21-23-14-10-7-11-15-23)28(3,33-25)16-17-31-20-22-12-8-6-9-13-22/h5-15,24-26,30H,1,16-21H2,2-4H3/t24-,25+,26+,27+,28-,29-/m0/s1. The number of aliphatic hydroxyl groups is 1. The van der Waals surface area contributed by atoms with Crippen molar-refractivity contribution in [3.63, 3.8) is 0 Å². The third-order valence-electron chi connectivity index (χ3n) is 7.47. The van der Waals surface area contributed by atoms with Crippen molar-refractivity contribution in [1.82, 2.24) is 0 Å². The predicted octanol–water partition coefficient (Wildman–Crippen LogP) is 5.21. The molecule has 6 atom stereocenters. The Morgan fingerprint density at radius 2 is 1.62 bits per heavy atom. The average Bonchev–Trinajstić information content (AvgIpc) is 2.84. The van der Waals surface area contributed by atoms with Crippen molar-refractivity contribution in [2.24, 2.45) is 0 Å². The van der Waals surface area contributed by atoms with Crippen molar-refractivity contribution in [2.45, 2.75) is 88.4 Å². The largest absolute Gasteiger partial charge is 0.390 e. The zero-order chi connectivity index (χ0) is 24.2. The highest BCUT2D eigenvalue weighted by molar-refractivity contribution is 5.15. The Labute approximate surface area is 203 Å². The monoisotopic (exact) mass is 466 g/mol. The summed E-state index contributed by atoms with van der Waals surface area (Å²) in [5.74, 6) is 0. The molecule has 2 saturated heterocycles. The van der Waals surface area contributed by atoms with Gasteiger partial charge in [0.05, 0.1) is 42.7 Å². The molecule has 2 aromatic carbocycles. The lowest BCUT2D eigenvalue weighted by Crippen LogP contribution is -2.68. The van der Waals surface area contributed by atoms with E-state index in [1.54, 1.807) is 6.08 Å². The van der Waals surface area contributed by atoms with Gasteiger partial charge in [0.15, 0.2) is 0 Å². The van der Waals surface area contributed by atoms with Crippen molar-refractivity contribution in [1.29, 1.82) is 0 Å². The molecule has 5 heteroatoms. The fraction of sp³-hybridized carbons (Fsp3) is 0.517. The van der Waals surface area contributed by atoms with Crippen LogP contribution in [0.2, 0.25) is 0 Å². The Kier molecular flexibility index (Phi) is 7.60. The van der Waals surface area contributed by atoms with E-state index in [4.69, 9.17) is 18.9 Å². The van der Waals surface area contributed by atoms with E-state index < -0.39 is 22.9 Å². The minimum Gasteiger partial charge on any atom is -0.390 e. The summed E-state index contributed by atoms with van der Waals surface area (Å²) in [6.07, 6.45) is 2.42. The van der Waals surface area contributed by atoms with E-state index in [1.807, 2.05) is 43.3 Å². The van der Waals surface area contributed by atoms with Gasteiger partial charge in [-0.05, 0) is 31.9 Å². The summed E-state index contributed by atoms with van der Waals surface area (Å²) >= 11 is 0. The van der Waals surface area contributed by atoms with E-state index in [9.17, 15) is 5.11 Å². The molecule has 34 heavy (non-hydrogen) atoms. The van der Waals surface area contributed by atoms with Gasteiger partial charge in [-0.25, -0.2) is 0 Å². The first-order valence-electron chi connectivity index (χ1n) is 12.2. The molecule has 0 bridgehead atoms. The highest BCUT2D eigenvalue weighted by Gasteiger charge is 2.58. The number of rotatable bonds is 9.